The summed E-state index contributed by atoms with van der Waals surface area (Å²) in [7, 11) is 0. The average Bonchev–Trinajstić information content (AvgIpc) is 2.32. The molecule has 1 fully saturated rings. The number of rotatable bonds is 0. The molecule has 3 rings (SSSR count). The van der Waals surface area contributed by atoms with Crippen LogP contribution in [0.25, 0.3) is 0 Å². The van der Waals surface area contributed by atoms with E-state index in [0.717, 1.165) is 23.7 Å². The molecule has 0 saturated carbocycles. The lowest BCUT2D eigenvalue weighted by Crippen LogP contribution is -2.52. The Morgan fingerprint density at radius 1 is 1.53 bits per heavy atom. The largest absolute Gasteiger partial charge is 0.356 e. The van der Waals surface area contributed by atoms with Crippen LogP contribution in [0.15, 0.2) is 16.6 Å². The maximum Gasteiger partial charge on any atom is 0.247 e. The second-order valence-corrected chi connectivity index (χ2v) is 6.06. The van der Waals surface area contributed by atoms with E-state index in [9.17, 15) is 9.18 Å². The molecule has 1 unspecified atom stereocenters. The molecule has 0 aliphatic carbocycles. The Balaban J connectivity index is 2.10. The van der Waals surface area contributed by atoms with Gasteiger partial charge in [0.15, 0.2) is 0 Å². The first-order valence-corrected chi connectivity index (χ1v) is 7.26. The molecule has 1 saturated heterocycles. The van der Waals surface area contributed by atoms with E-state index in [1.54, 1.807) is 17.8 Å². The molecule has 0 bridgehead atoms. The van der Waals surface area contributed by atoms with Crippen molar-refractivity contribution in [3.8, 4) is 0 Å². The number of fused-ring (bicyclic) bond motifs is 3. The van der Waals surface area contributed by atoms with Gasteiger partial charge in [0.2, 0.25) is 5.91 Å². The highest BCUT2D eigenvalue weighted by Gasteiger charge is 2.35. The summed E-state index contributed by atoms with van der Waals surface area (Å²) in [5, 5.41) is 2.77. The third-order valence-electron chi connectivity index (χ3n) is 3.04. The lowest BCUT2D eigenvalue weighted by atomic mass is 10.1. The Kier molecular flexibility index (Phi) is 2.78. The molecule has 1 aromatic carbocycles. The first kappa shape index (κ1) is 11.3. The average molecular weight is 317 g/mol. The van der Waals surface area contributed by atoms with Crippen LogP contribution in [0.3, 0.4) is 0 Å². The number of nitrogens with zero attached hydrogens (tertiary/aromatic N) is 1. The van der Waals surface area contributed by atoms with Gasteiger partial charge in [0.1, 0.15) is 11.9 Å². The van der Waals surface area contributed by atoms with Crippen LogP contribution in [0, 0.1) is 5.82 Å². The topological polar surface area (TPSA) is 32.3 Å². The van der Waals surface area contributed by atoms with Crippen molar-refractivity contribution >= 4 is 45.0 Å². The van der Waals surface area contributed by atoms with Crippen LogP contribution in [0.1, 0.15) is 0 Å². The second kappa shape index (κ2) is 4.17. The normalized spacial score (nSPS) is 22.8. The maximum absolute atomic E-state index is 13.4. The van der Waals surface area contributed by atoms with Gasteiger partial charge in [-0.25, -0.2) is 4.39 Å². The summed E-state index contributed by atoms with van der Waals surface area (Å²) in [5.74, 6) is 1.40. The zero-order chi connectivity index (χ0) is 12.0. The summed E-state index contributed by atoms with van der Waals surface area (Å²) >= 11 is 4.96. The Hall–Kier alpha value is -0.750. The predicted octanol–water partition coefficient (Wildman–Crippen LogP) is 2.46. The molecule has 0 spiro atoms. The Morgan fingerprint density at radius 2 is 2.35 bits per heavy atom. The molecule has 3 nitrogen and oxygen atoms in total. The summed E-state index contributed by atoms with van der Waals surface area (Å²) < 4.78 is 13.9. The van der Waals surface area contributed by atoms with Crippen LogP contribution in [0.5, 0.6) is 0 Å². The van der Waals surface area contributed by atoms with E-state index in [2.05, 4.69) is 26.1 Å². The van der Waals surface area contributed by atoms with Crippen LogP contribution in [-0.2, 0) is 4.79 Å². The van der Waals surface area contributed by atoms with Crippen LogP contribution in [-0.4, -0.2) is 30.0 Å². The van der Waals surface area contributed by atoms with Crippen LogP contribution in [0.4, 0.5) is 15.8 Å². The number of amides is 1. The highest BCUT2D eigenvalue weighted by atomic mass is 79.9. The number of hydrogen-bond acceptors (Lipinski definition) is 3. The van der Waals surface area contributed by atoms with Crippen molar-refractivity contribution in [2.45, 2.75) is 6.04 Å². The monoisotopic (exact) mass is 316 g/mol. The molecule has 0 aromatic heterocycles. The molecular formula is C11H10BrFN2OS. The number of benzene rings is 1. The number of carbonyl (C=O) groups excluding carboxylic acids is 1. The maximum atomic E-state index is 13.4. The van der Waals surface area contributed by atoms with Crippen molar-refractivity contribution < 1.29 is 9.18 Å². The first-order chi connectivity index (χ1) is 8.16. The van der Waals surface area contributed by atoms with Crippen LogP contribution >= 0.6 is 27.7 Å². The van der Waals surface area contributed by atoms with Gasteiger partial charge in [0, 0.05) is 24.1 Å². The molecule has 90 valence electrons. The lowest BCUT2D eigenvalue weighted by Gasteiger charge is -2.40. The van der Waals surface area contributed by atoms with Gasteiger partial charge in [-0.3, -0.25) is 4.79 Å². The van der Waals surface area contributed by atoms with E-state index in [1.807, 2.05) is 0 Å². The van der Waals surface area contributed by atoms with Crippen molar-refractivity contribution in [2.75, 3.05) is 28.3 Å². The Labute approximate surface area is 111 Å². The number of carbonyl (C=O) groups is 1. The van der Waals surface area contributed by atoms with E-state index in [0.29, 0.717) is 10.2 Å². The van der Waals surface area contributed by atoms with E-state index in [-0.39, 0.29) is 17.8 Å². The number of halogens is 2. The van der Waals surface area contributed by atoms with E-state index in [4.69, 9.17) is 0 Å². The van der Waals surface area contributed by atoms with Gasteiger partial charge >= 0.3 is 0 Å². The fourth-order valence-corrected chi connectivity index (χ4v) is 3.58. The predicted molar refractivity (Wildman–Crippen MR) is 71.2 cm³/mol. The van der Waals surface area contributed by atoms with Crippen LogP contribution < -0.4 is 10.2 Å². The van der Waals surface area contributed by atoms with Gasteiger partial charge in [-0.1, -0.05) is 0 Å². The quantitative estimate of drug-likeness (QED) is 0.798. The van der Waals surface area contributed by atoms with Gasteiger partial charge < -0.3 is 10.2 Å². The standard InChI is InChI=1S/C11H10BrFN2OS/c12-6-3-9-8(4-7(6)13)14-11(16)10-5-17-2-1-15(9)10/h3-4,10H,1-2,5H2,(H,14,16). The summed E-state index contributed by atoms with van der Waals surface area (Å²) in [5.41, 5.74) is 1.47. The minimum Gasteiger partial charge on any atom is -0.356 e. The second-order valence-electron chi connectivity index (χ2n) is 4.06. The molecule has 17 heavy (non-hydrogen) atoms. The van der Waals surface area contributed by atoms with Gasteiger partial charge in [0.25, 0.3) is 0 Å². The number of thioether (sulfide) groups is 1. The molecular weight excluding hydrogens is 307 g/mol. The zero-order valence-electron chi connectivity index (χ0n) is 8.87. The summed E-state index contributed by atoms with van der Waals surface area (Å²) in [6, 6.07) is 2.99. The third-order valence-corrected chi connectivity index (χ3v) is 4.67. The molecule has 2 aliphatic heterocycles. The van der Waals surface area contributed by atoms with Crippen molar-refractivity contribution in [3.63, 3.8) is 0 Å². The zero-order valence-corrected chi connectivity index (χ0v) is 11.3. The summed E-state index contributed by atoms with van der Waals surface area (Å²) in [6.07, 6.45) is 0. The van der Waals surface area contributed by atoms with Crippen molar-refractivity contribution in [1.29, 1.82) is 0 Å². The smallest absolute Gasteiger partial charge is 0.247 e. The van der Waals surface area contributed by atoms with Crippen molar-refractivity contribution in [1.82, 2.24) is 0 Å². The fourth-order valence-electron chi connectivity index (χ4n) is 2.20. The molecule has 1 amide bonds. The van der Waals surface area contributed by atoms with Crippen LogP contribution in [0.2, 0.25) is 0 Å². The van der Waals surface area contributed by atoms with E-state index >= 15 is 0 Å². The molecule has 1 aromatic rings. The number of hydrogen-bond donors (Lipinski definition) is 1. The van der Waals surface area contributed by atoms with E-state index in [1.165, 1.54) is 6.07 Å². The summed E-state index contributed by atoms with van der Waals surface area (Å²) in [6.45, 7) is 0.827. The molecule has 1 atom stereocenters. The first-order valence-electron chi connectivity index (χ1n) is 5.31. The van der Waals surface area contributed by atoms with Gasteiger partial charge in [-0.2, -0.15) is 11.8 Å². The molecule has 2 heterocycles. The molecule has 0 radical (unpaired) electrons. The van der Waals surface area contributed by atoms with Crippen molar-refractivity contribution in [3.05, 3.63) is 22.4 Å². The highest BCUT2D eigenvalue weighted by molar-refractivity contribution is 9.10. The van der Waals surface area contributed by atoms with Gasteiger partial charge in [-0.05, 0) is 22.0 Å². The lowest BCUT2D eigenvalue weighted by molar-refractivity contribution is -0.117. The summed E-state index contributed by atoms with van der Waals surface area (Å²) in [4.78, 5) is 14.0. The minimum absolute atomic E-state index is 0.0357. The minimum atomic E-state index is -0.353. The van der Waals surface area contributed by atoms with Crippen molar-refractivity contribution in [2.24, 2.45) is 0 Å². The molecule has 6 heteroatoms. The Morgan fingerprint density at radius 3 is 3.18 bits per heavy atom. The van der Waals surface area contributed by atoms with Gasteiger partial charge in [-0.15, -0.1) is 0 Å². The third kappa shape index (κ3) is 1.83. The number of anilines is 2. The number of nitrogens with one attached hydrogen (secondary N) is 1. The molecule has 2 aliphatic rings. The highest BCUT2D eigenvalue weighted by Crippen LogP contribution is 2.38. The van der Waals surface area contributed by atoms with Gasteiger partial charge in [0.05, 0.1) is 15.8 Å². The molecule has 1 N–H and O–H groups in total. The fraction of sp³-hybridized carbons (Fsp3) is 0.364. The van der Waals surface area contributed by atoms with E-state index < -0.39 is 0 Å². The SMILES string of the molecule is O=C1Nc2cc(F)c(Br)cc2N2CCSCC12. The Bertz CT molecular complexity index is 497.